The number of carbonyl (C=O) groups is 1. The summed E-state index contributed by atoms with van der Waals surface area (Å²) in [7, 11) is 0. The summed E-state index contributed by atoms with van der Waals surface area (Å²) < 4.78 is 2.60. The van der Waals surface area contributed by atoms with Gasteiger partial charge in [0.1, 0.15) is 11.1 Å². The lowest BCUT2D eigenvalue weighted by molar-refractivity contribution is -0.111. The van der Waals surface area contributed by atoms with Crippen molar-refractivity contribution in [3.05, 3.63) is 37.6 Å². The Morgan fingerprint density at radius 3 is 2.78 bits per heavy atom. The van der Waals surface area contributed by atoms with E-state index in [2.05, 4.69) is 37.0 Å². The van der Waals surface area contributed by atoms with Gasteiger partial charge in [-0.2, -0.15) is 5.10 Å². The lowest BCUT2D eigenvalue weighted by atomic mass is 10.2. The highest BCUT2D eigenvalue weighted by Gasteiger charge is 2.11. The van der Waals surface area contributed by atoms with E-state index in [1.807, 2.05) is 6.07 Å². The van der Waals surface area contributed by atoms with Gasteiger partial charge in [0.05, 0.1) is 5.39 Å². The summed E-state index contributed by atoms with van der Waals surface area (Å²) in [5.41, 5.74) is -0.261. The van der Waals surface area contributed by atoms with Crippen LogP contribution < -0.4 is 5.56 Å². The highest BCUT2D eigenvalue weighted by atomic mass is 79.9. The maximum Gasteiger partial charge on any atom is 0.275 e. The Morgan fingerprint density at radius 1 is 1.39 bits per heavy atom. The molecule has 0 bridgehead atoms. The average molecular weight is 392 g/mol. The number of rotatable bonds is 2. The molecule has 0 aliphatic carbocycles. The molecular weight excluding hydrogens is 384 g/mol. The number of halogens is 2. The van der Waals surface area contributed by atoms with Crippen molar-refractivity contribution in [2.45, 2.75) is 6.54 Å². The molecule has 0 aliphatic heterocycles. The van der Waals surface area contributed by atoms with E-state index in [0.717, 1.165) is 21.6 Å². The van der Waals surface area contributed by atoms with Crippen molar-refractivity contribution in [2.24, 2.45) is 0 Å². The van der Waals surface area contributed by atoms with Crippen LogP contribution in [0.4, 0.5) is 0 Å². The van der Waals surface area contributed by atoms with E-state index in [-0.39, 0.29) is 17.2 Å². The van der Waals surface area contributed by atoms with E-state index in [4.69, 9.17) is 0 Å². The van der Waals surface area contributed by atoms with Crippen molar-refractivity contribution >= 4 is 59.5 Å². The Hall–Kier alpha value is -0.660. The van der Waals surface area contributed by atoms with Crippen LogP contribution in [-0.2, 0) is 11.3 Å². The lowest BCUT2D eigenvalue weighted by Gasteiger charge is -2.06. The van der Waals surface area contributed by atoms with Gasteiger partial charge in [0.2, 0.25) is 5.12 Å². The van der Waals surface area contributed by atoms with Crippen molar-refractivity contribution in [3.63, 3.8) is 0 Å². The standard InChI is InChI=1S/C11H8Br2N2O2S/c1-18-9(16)5-15-11(17)7-3-2-6(12)4-8(7)10(13)14-15/h2-4H,5H2,1H3. The second-order valence-corrected chi connectivity index (χ2v) is 6.05. The quantitative estimate of drug-likeness (QED) is 0.789. The molecule has 1 heterocycles. The summed E-state index contributed by atoms with van der Waals surface area (Å²) >= 11 is 7.74. The van der Waals surface area contributed by atoms with E-state index in [0.29, 0.717) is 9.99 Å². The fraction of sp³-hybridized carbons (Fsp3) is 0.182. The fourth-order valence-corrected chi connectivity index (χ4v) is 2.64. The maximum atomic E-state index is 12.1. The van der Waals surface area contributed by atoms with Crippen LogP contribution in [0, 0.1) is 0 Å². The average Bonchev–Trinajstić information content (AvgIpc) is 2.35. The van der Waals surface area contributed by atoms with Gasteiger partial charge in [0, 0.05) is 9.86 Å². The third kappa shape index (κ3) is 2.67. The molecule has 0 aliphatic rings. The van der Waals surface area contributed by atoms with Gasteiger partial charge >= 0.3 is 0 Å². The van der Waals surface area contributed by atoms with Gasteiger partial charge in [0.15, 0.2) is 0 Å². The molecule has 7 heteroatoms. The van der Waals surface area contributed by atoms with Gasteiger partial charge in [-0.05, 0) is 40.4 Å². The van der Waals surface area contributed by atoms with Crippen molar-refractivity contribution in [1.82, 2.24) is 9.78 Å². The summed E-state index contributed by atoms with van der Waals surface area (Å²) in [5.74, 6) is 0. The van der Waals surface area contributed by atoms with Gasteiger partial charge in [-0.25, -0.2) is 4.68 Å². The zero-order valence-electron chi connectivity index (χ0n) is 9.31. The summed E-state index contributed by atoms with van der Waals surface area (Å²) in [6.45, 7) is -0.0232. The van der Waals surface area contributed by atoms with Crippen LogP contribution in [-0.4, -0.2) is 21.2 Å². The zero-order chi connectivity index (χ0) is 13.3. The highest BCUT2D eigenvalue weighted by Crippen LogP contribution is 2.22. The van der Waals surface area contributed by atoms with Crippen LogP contribution in [0.2, 0.25) is 0 Å². The van der Waals surface area contributed by atoms with Crippen molar-refractivity contribution in [3.8, 4) is 0 Å². The molecule has 4 nitrogen and oxygen atoms in total. The molecule has 0 atom stereocenters. The number of thioether (sulfide) groups is 1. The first kappa shape index (κ1) is 13.8. The number of aromatic nitrogens is 2. The monoisotopic (exact) mass is 390 g/mol. The van der Waals surface area contributed by atoms with Crippen LogP contribution in [0.15, 0.2) is 32.1 Å². The van der Waals surface area contributed by atoms with Gasteiger partial charge in [-0.3, -0.25) is 9.59 Å². The molecule has 0 spiro atoms. The number of nitrogens with zero attached hydrogens (tertiary/aromatic N) is 2. The van der Waals surface area contributed by atoms with Crippen LogP contribution >= 0.6 is 43.6 Å². The third-order valence-corrected chi connectivity index (χ3v) is 4.05. The van der Waals surface area contributed by atoms with Crippen LogP contribution in [0.1, 0.15) is 0 Å². The summed E-state index contributed by atoms with van der Waals surface area (Å²) in [6.07, 6.45) is 1.68. The fourth-order valence-electron chi connectivity index (χ4n) is 1.51. The second kappa shape index (κ2) is 5.54. The van der Waals surface area contributed by atoms with Crippen LogP contribution in [0.5, 0.6) is 0 Å². The van der Waals surface area contributed by atoms with E-state index in [9.17, 15) is 9.59 Å². The molecule has 0 saturated carbocycles. The molecule has 0 fully saturated rings. The van der Waals surface area contributed by atoms with Gasteiger partial charge in [-0.1, -0.05) is 27.7 Å². The predicted molar refractivity (Wildman–Crippen MR) is 79.9 cm³/mol. The van der Waals surface area contributed by atoms with Gasteiger partial charge in [0.25, 0.3) is 5.56 Å². The van der Waals surface area contributed by atoms with Gasteiger partial charge in [-0.15, -0.1) is 0 Å². The Bertz CT molecular complexity index is 685. The number of benzene rings is 1. The minimum Gasteiger partial charge on any atom is -0.285 e. The first-order valence-corrected chi connectivity index (χ1v) is 7.76. The SMILES string of the molecule is CSC(=O)Cn1nc(Br)c2cc(Br)ccc2c1=O. The Balaban J connectivity index is 2.65. The van der Waals surface area contributed by atoms with Crippen molar-refractivity contribution in [2.75, 3.05) is 6.26 Å². The molecule has 2 aromatic rings. The Morgan fingerprint density at radius 2 is 2.11 bits per heavy atom. The largest absolute Gasteiger partial charge is 0.285 e. The zero-order valence-corrected chi connectivity index (χ0v) is 13.3. The molecule has 94 valence electrons. The Labute approximate surface area is 124 Å². The summed E-state index contributed by atoms with van der Waals surface area (Å²) in [4.78, 5) is 23.5. The minimum absolute atomic E-state index is 0.0232. The van der Waals surface area contributed by atoms with Crippen molar-refractivity contribution < 1.29 is 4.79 Å². The topological polar surface area (TPSA) is 52.0 Å². The maximum absolute atomic E-state index is 12.1. The smallest absolute Gasteiger partial charge is 0.275 e. The molecule has 1 aromatic carbocycles. The first-order chi connectivity index (χ1) is 8.52. The van der Waals surface area contributed by atoms with Crippen LogP contribution in [0.3, 0.4) is 0 Å². The molecule has 0 radical (unpaired) electrons. The van der Waals surface area contributed by atoms with Crippen molar-refractivity contribution in [1.29, 1.82) is 0 Å². The molecule has 18 heavy (non-hydrogen) atoms. The van der Waals surface area contributed by atoms with E-state index in [1.165, 1.54) is 4.68 Å². The molecule has 0 saturated heterocycles. The van der Waals surface area contributed by atoms with E-state index in [1.54, 1.807) is 18.4 Å². The number of hydrogen-bond donors (Lipinski definition) is 0. The lowest BCUT2D eigenvalue weighted by Crippen LogP contribution is -2.26. The first-order valence-electron chi connectivity index (χ1n) is 4.95. The third-order valence-electron chi connectivity index (χ3n) is 2.38. The second-order valence-electron chi connectivity index (χ2n) is 3.52. The number of fused-ring (bicyclic) bond motifs is 1. The number of hydrogen-bond acceptors (Lipinski definition) is 4. The number of carbonyl (C=O) groups excluding carboxylic acids is 1. The molecule has 0 amide bonds. The molecule has 0 unspecified atom stereocenters. The molecule has 2 rings (SSSR count). The predicted octanol–water partition coefficient (Wildman–Crippen LogP) is 2.81. The molecule has 1 aromatic heterocycles. The van der Waals surface area contributed by atoms with E-state index >= 15 is 0 Å². The summed E-state index contributed by atoms with van der Waals surface area (Å²) in [5, 5.41) is 5.25. The minimum atomic E-state index is -0.261. The highest BCUT2D eigenvalue weighted by molar-refractivity contribution is 9.11. The Kier molecular flexibility index (Phi) is 4.24. The van der Waals surface area contributed by atoms with Gasteiger partial charge < -0.3 is 0 Å². The summed E-state index contributed by atoms with van der Waals surface area (Å²) in [6, 6.07) is 5.32. The van der Waals surface area contributed by atoms with Crippen LogP contribution in [0.25, 0.3) is 10.8 Å². The molecule has 0 N–H and O–H groups in total. The normalized spacial score (nSPS) is 10.8. The molecular formula is C11H8Br2N2O2S. The van der Waals surface area contributed by atoms with E-state index < -0.39 is 0 Å².